The third kappa shape index (κ3) is 3.02. The molecule has 1 aliphatic rings. The van der Waals surface area contributed by atoms with E-state index in [1.54, 1.807) is 0 Å². The topological polar surface area (TPSA) is 129 Å². The molecule has 2 heterocycles. The molecule has 8 nitrogen and oxygen atoms in total. The normalized spacial score (nSPS) is 20.1. The van der Waals surface area contributed by atoms with Crippen molar-refractivity contribution in [3.8, 4) is 0 Å². The van der Waals surface area contributed by atoms with Crippen molar-refractivity contribution in [3.05, 3.63) is 24.0 Å². The molecule has 1 fully saturated rings. The first-order valence-electron chi connectivity index (χ1n) is 5.99. The van der Waals surface area contributed by atoms with Crippen molar-refractivity contribution in [1.29, 1.82) is 0 Å². The SMILES string of the molecule is NC(=O)C1COCCN1S(=O)(=O)c1cccnc1C(N)=S. The second kappa shape index (κ2) is 6.02. The van der Waals surface area contributed by atoms with E-state index in [0.29, 0.717) is 0 Å². The summed E-state index contributed by atoms with van der Waals surface area (Å²) in [6, 6.07) is 1.72. The van der Waals surface area contributed by atoms with Crippen LogP contribution in [0.25, 0.3) is 0 Å². The predicted octanol–water partition coefficient (Wildman–Crippen LogP) is -1.41. The molecule has 2 rings (SSSR count). The molecule has 0 aromatic carbocycles. The fourth-order valence-corrected chi connectivity index (χ4v) is 3.96. The maximum absolute atomic E-state index is 12.7. The lowest BCUT2D eigenvalue weighted by Crippen LogP contribution is -2.54. The number of nitrogens with two attached hydrogens (primary N) is 2. The molecule has 1 unspecified atom stereocenters. The van der Waals surface area contributed by atoms with Crippen LogP contribution in [0.15, 0.2) is 23.2 Å². The summed E-state index contributed by atoms with van der Waals surface area (Å²) in [5.41, 5.74) is 10.7. The minimum atomic E-state index is -4.01. The van der Waals surface area contributed by atoms with Crippen molar-refractivity contribution < 1.29 is 17.9 Å². The van der Waals surface area contributed by atoms with Crippen LogP contribution in [0.5, 0.6) is 0 Å². The Kier molecular flexibility index (Phi) is 4.52. The molecule has 114 valence electrons. The van der Waals surface area contributed by atoms with E-state index in [2.05, 4.69) is 4.98 Å². The molecule has 1 aromatic rings. The summed E-state index contributed by atoms with van der Waals surface area (Å²) in [4.78, 5) is 15.0. The number of carbonyl (C=O) groups excluding carboxylic acids is 1. The van der Waals surface area contributed by atoms with Crippen molar-refractivity contribution in [2.75, 3.05) is 19.8 Å². The highest BCUT2D eigenvalue weighted by molar-refractivity contribution is 7.89. The van der Waals surface area contributed by atoms with Gasteiger partial charge in [0.1, 0.15) is 21.6 Å². The fourth-order valence-electron chi connectivity index (χ4n) is 2.01. The second-order valence-corrected chi connectivity index (χ2v) is 6.62. The zero-order valence-electron chi connectivity index (χ0n) is 10.9. The Morgan fingerprint density at radius 1 is 1.48 bits per heavy atom. The van der Waals surface area contributed by atoms with Gasteiger partial charge in [-0.3, -0.25) is 9.78 Å². The lowest BCUT2D eigenvalue weighted by molar-refractivity contribution is -0.125. The van der Waals surface area contributed by atoms with Gasteiger partial charge in [0.25, 0.3) is 0 Å². The number of aromatic nitrogens is 1. The number of morpholine rings is 1. The molecule has 0 saturated carbocycles. The lowest BCUT2D eigenvalue weighted by atomic mass is 10.3. The van der Waals surface area contributed by atoms with Gasteiger partial charge in [-0.05, 0) is 12.1 Å². The Morgan fingerprint density at radius 3 is 2.81 bits per heavy atom. The first kappa shape index (κ1) is 15.8. The molecular formula is C11H14N4O4S2. The van der Waals surface area contributed by atoms with Gasteiger partial charge in [-0.2, -0.15) is 4.31 Å². The molecule has 1 saturated heterocycles. The van der Waals surface area contributed by atoms with Crippen LogP contribution in [0.2, 0.25) is 0 Å². The molecule has 21 heavy (non-hydrogen) atoms. The molecule has 1 aliphatic heterocycles. The molecule has 0 aliphatic carbocycles. The number of nitrogens with zero attached hydrogens (tertiary/aromatic N) is 2. The van der Waals surface area contributed by atoms with E-state index in [1.807, 2.05) is 0 Å². The number of hydrogen-bond donors (Lipinski definition) is 2. The molecule has 1 aromatic heterocycles. The average Bonchev–Trinajstić information content (AvgIpc) is 2.47. The Labute approximate surface area is 127 Å². The Hall–Kier alpha value is -1.62. The number of rotatable bonds is 4. The number of ether oxygens (including phenoxy) is 1. The Morgan fingerprint density at radius 2 is 2.19 bits per heavy atom. The van der Waals surface area contributed by atoms with Crippen molar-refractivity contribution in [1.82, 2.24) is 9.29 Å². The summed E-state index contributed by atoms with van der Waals surface area (Å²) in [5, 5.41) is 0. The molecule has 0 bridgehead atoms. The zero-order chi connectivity index (χ0) is 15.6. The summed E-state index contributed by atoms with van der Waals surface area (Å²) in [5.74, 6) is -0.779. The van der Waals surface area contributed by atoms with Gasteiger partial charge in [0.2, 0.25) is 15.9 Å². The summed E-state index contributed by atoms with van der Waals surface area (Å²) in [6.45, 7) is 0.102. The van der Waals surface area contributed by atoms with E-state index in [9.17, 15) is 13.2 Å². The summed E-state index contributed by atoms with van der Waals surface area (Å²) in [7, 11) is -4.01. The Bertz CT molecular complexity index is 677. The highest BCUT2D eigenvalue weighted by Crippen LogP contribution is 2.22. The van der Waals surface area contributed by atoms with Gasteiger partial charge in [-0.25, -0.2) is 8.42 Å². The first-order chi connectivity index (χ1) is 9.85. The maximum atomic E-state index is 12.7. The highest BCUT2D eigenvalue weighted by atomic mass is 32.2. The third-order valence-corrected chi connectivity index (χ3v) is 5.13. The number of hydrogen-bond acceptors (Lipinski definition) is 6. The summed E-state index contributed by atoms with van der Waals surface area (Å²) < 4.78 is 31.6. The zero-order valence-corrected chi connectivity index (χ0v) is 12.6. The van der Waals surface area contributed by atoms with Gasteiger partial charge in [0.15, 0.2) is 0 Å². The van der Waals surface area contributed by atoms with Gasteiger partial charge in [0.05, 0.1) is 13.2 Å². The number of carbonyl (C=O) groups is 1. The van der Waals surface area contributed by atoms with Crippen molar-refractivity contribution >= 4 is 33.1 Å². The second-order valence-electron chi connectivity index (χ2n) is 4.32. The van der Waals surface area contributed by atoms with Crippen molar-refractivity contribution in [3.63, 3.8) is 0 Å². The maximum Gasteiger partial charge on any atom is 0.246 e. The number of thiocarbonyl (C=S) groups is 1. The minimum Gasteiger partial charge on any atom is -0.388 e. The van der Waals surface area contributed by atoms with E-state index >= 15 is 0 Å². The molecule has 0 spiro atoms. The summed E-state index contributed by atoms with van der Waals surface area (Å²) in [6.07, 6.45) is 1.39. The van der Waals surface area contributed by atoms with Crippen LogP contribution < -0.4 is 11.5 Å². The quantitative estimate of drug-likeness (QED) is 0.649. The minimum absolute atomic E-state index is 0.0118. The van der Waals surface area contributed by atoms with Gasteiger partial charge in [0, 0.05) is 12.7 Å². The van der Waals surface area contributed by atoms with Crippen LogP contribution in [-0.4, -0.2) is 54.4 Å². The molecule has 4 N–H and O–H groups in total. The van der Waals surface area contributed by atoms with E-state index in [4.69, 9.17) is 28.4 Å². The third-order valence-electron chi connectivity index (χ3n) is 3.00. The number of primary amides is 1. The van der Waals surface area contributed by atoms with E-state index in [-0.39, 0.29) is 35.3 Å². The standard InChI is InChI=1S/C11H14N4O4S2/c12-10(16)7-6-19-5-4-15(7)21(17,18)8-2-1-3-14-9(8)11(13)20/h1-3,7H,4-6H2,(H2,12,16)(H2,13,20). The van der Waals surface area contributed by atoms with Gasteiger partial charge >= 0.3 is 0 Å². The van der Waals surface area contributed by atoms with E-state index < -0.39 is 22.0 Å². The van der Waals surface area contributed by atoms with Crippen LogP contribution in [0.1, 0.15) is 5.69 Å². The molecule has 10 heteroatoms. The molecular weight excluding hydrogens is 316 g/mol. The predicted molar refractivity (Wildman–Crippen MR) is 77.8 cm³/mol. The van der Waals surface area contributed by atoms with Crippen LogP contribution in [0.4, 0.5) is 0 Å². The first-order valence-corrected chi connectivity index (χ1v) is 7.84. The largest absolute Gasteiger partial charge is 0.388 e. The smallest absolute Gasteiger partial charge is 0.246 e. The Balaban J connectivity index is 2.51. The summed E-state index contributed by atoms with van der Waals surface area (Å²) >= 11 is 4.82. The number of pyridine rings is 1. The van der Waals surface area contributed by atoms with Crippen molar-refractivity contribution in [2.24, 2.45) is 11.5 Å². The van der Waals surface area contributed by atoms with Crippen LogP contribution >= 0.6 is 12.2 Å². The fraction of sp³-hybridized carbons (Fsp3) is 0.364. The number of amides is 1. The van der Waals surface area contributed by atoms with E-state index in [0.717, 1.165) is 4.31 Å². The van der Waals surface area contributed by atoms with Crippen molar-refractivity contribution in [2.45, 2.75) is 10.9 Å². The molecule has 0 radical (unpaired) electrons. The van der Waals surface area contributed by atoms with Crippen LogP contribution in [-0.2, 0) is 19.6 Å². The van der Waals surface area contributed by atoms with E-state index in [1.165, 1.54) is 18.3 Å². The van der Waals surface area contributed by atoms with Crippen LogP contribution in [0, 0.1) is 0 Å². The molecule has 1 atom stereocenters. The van der Waals surface area contributed by atoms with Crippen LogP contribution in [0.3, 0.4) is 0 Å². The monoisotopic (exact) mass is 330 g/mol. The lowest BCUT2D eigenvalue weighted by Gasteiger charge is -2.32. The number of sulfonamides is 1. The molecule has 1 amide bonds. The van der Waals surface area contributed by atoms with Gasteiger partial charge in [-0.1, -0.05) is 12.2 Å². The average molecular weight is 330 g/mol. The highest BCUT2D eigenvalue weighted by Gasteiger charge is 2.38. The van der Waals surface area contributed by atoms with Gasteiger partial charge < -0.3 is 16.2 Å². The van der Waals surface area contributed by atoms with Gasteiger partial charge in [-0.15, -0.1) is 0 Å².